The molecular formula is C17H32N4O2S. The van der Waals surface area contributed by atoms with Crippen molar-refractivity contribution in [3.8, 4) is 0 Å². The van der Waals surface area contributed by atoms with Crippen LogP contribution in [0.5, 0.6) is 0 Å². The molecule has 0 aromatic heterocycles. The quantitative estimate of drug-likeness (QED) is 0.438. The second-order valence-corrected chi connectivity index (χ2v) is 8.43. The Morgan fingerprint density at radius 3 is 2.83 bits per heavy atom. The molecule has 7 heteroatoms. The highest BCUT2D eigenvalue weighted by molar-refractivity contribution is 7.99. The number of thioether (sulfide) groups is 1. The Morgan fingerprint density at radius 2 is 2.21 bits per heavy atom. The van der Waals surface area contributed by atoms with E-state index in [9.17, 15) is 9.90 Å². The first-order chi connectivity index (χ1) is 11.4. The number of aliphatic imine (C=N–C) groups is 1. The van der Waals surface area contributed by atoms with E-state index in [1.54, 1.807) is 18.8 Å². The van der Waals surface area contributed by atoms with Gasteiger partial charge in [-0.2, -0.15) is 11.8 Å². The van der Waals surface area contributed by atoms with Gasteiger partial charge in [-0.05, 0) is 45.3 Å². The summed E-state index contributed by atoms with van der Waals surface area (Å²) in [4.78, 5) is 16.5. The summed E-state index contributed by atoms with van der Waals surface area (Å²) in [7, 11) is 1.74. The molecule has 1 aliphatic heterocycles. The average molecular weight is 357 g/mol. The van der Waals surface area contributed by atoms with Gasteiger partial charge in [0.25, 0.3) is 0 Å². The highest BCUT2D eigenvalue weighted by Gasteiger charge is 2.32. The number of aliphatic hydroxyl groups is 1. The smallest absolute Gasteiger partial charge is 0.223 e. The largest absolute Gasteiger partial charge is 0.387 e. The summed E-state index contributed by atoms with van der Waals surface area (Å²) < 4.78 is 0. The highest BCUT2D eigenvalue weighted by Crippen LogP contribution is 2.27. The lowest BCUT2D eigenvalue weighted by molar-refractivity contribution is -0.126. The van der Waals surface area contributed by atoms with Gasteiger partial charge in [-0.25, -0.2) is 0 Å². The van der Waals surface area contributed by atoms with Gasteiger partial charge in [0.1, 0.15) is 0 Å². The first-order valence-corrected chi connectivity index (χ1v) is 10.1. The van der Waals surface area contributed by atoms with Crippen LogP contribution in [-0.2, 0) is 4.79 Å². The van der Waals surface area contributed by atoms with Crippen molar-refractivity contribution in [2.45, 2.75) is 63.6 Å². The van der Waals surface area contributed by atoms with Gasteiger partial charge in [0.2, 0.25) is 5.91 Å². The minimum atomic E-state index is -0.630. The van der Waals surface area contributed by atoms with E-state index in [1.165, 1.54) is 0 Å². The number of nitrogens with one attached hydrogen (secondary N) is 3. The predicted octanol–water partition coefficient (Wildman–Crippen LogP) is 1.10. The Morgan fingerprint density at radius 1 is 1.42 bits per heavy atom. The lowest BCUT2D eigenvalue weighted by atomic mass is 9.85. The maximum Gasteiger partial charge on any atom is 0.223 e. The number of carbonyl (C=O) groups excluding carboxylic acids is 1. The summed E-state index contributed by atoms with van der Waals surface area (Å²) in [6.07, 6.45) is 4.71. The number of hydrogen-bond donors (Lipinski definition) is 4. The summed E-state index contributed by atoms with van der Waals surface area (Å²) >= 11 is 1.79. The minimum absolute atomic E-state index is 0.0761. The maximum absolute atomic E-state index is 12.2. The first kappa shape index (κ1) is 19.4. The van der Waals surface area contributed by atoms with Crippen LogP contribution >= 0.6 is 11.8 Å². The molecule has 6 nitrogen and oxygen atoms in total. The van der Waals surface area contributed by atoms with Gasteiger partial charge in [-0.15, -0.1) is 0 Å². The van der Waals surface area contributed by atoms with Crippen molar-refractivity contribution in [2.24, 2.45) is 10.9 Å². The Hall–Kier alpha value is -0.950. The van der Waals surface area contributed by atoms with Crippen molar-refractivity contribution in [1.29, 1.82) is 0 Å². The number of nitrogens with zero attached hydrogens (tertiary/aromatic N) is 1. The van der Waals surface area contributed by atoms with Gasteiger partial charge >= 0.3 is 0 Å². The lowest BCUT2D eigenvalue weighted by Gasteiger charge is -2.31. The second-order valence-electron chi connectivity index (χ2n) is 7.32. The Kier molecular flexibility index (Phi) is 7.22. The first-order valence-electron chi connectivity index (χ1n) is 8.99. The summed E-state index contributed by atoms with van der Waals surface area (Å²) in [5.74, 6) is 2.75. The zero-order valence-electron chi connectivity index (χ0n) is 15.1. The molecule has 2 fully saturated rings. The fraction of sp³-hybridized carbons (Fsp3) is 0.882. The molecule has 0 bridgehead atoms. The molecule has 1 amide bonds. The van der Waals surface area contributed by atoms with Crippen LogP contribution in [0.25, 0.3) is 0 Å². The zero-order chi connectivity index (χ0) is 17.6. The van der Waals surface area contributed by atoms with E-state index in [2.05, 4.69) is 20.9 Å². The Balaban J connectivity index is 1.80. The van der Waals surface area contributed by atoms with Gasteiger partial charge < -0.3 is 21.1 Å². The molecule has 1 saturated carbocycles. The van der Waals surface area contributed by atoms with Crippen LogP contribution in [0.2, 0.25) is 0 Å². The van der Waals surface area contributed by atoms with Crippen molar-refractivity contribution in [2.75, 3.05) is 25.1 Å². The standard InChI is InChI=1S/C17H32N4O2S/c1-12(2)20-15(22)13-5-4-6-14(9-13)21-16(18-3)19-10-17(23)7-8-24-11-17/h12-14,23H,4-11H2,1-3H3,(H,20,22)(H2,18,19,21). The van der Waals surface area contributed by atoms with Crippen molar-refractivity contribution in [3.05, 3.63) is 0 Å². The molecular weight excluding hydrogens is 324 g/mol. The SMILES string of the molecule is CN=C(NCC1(O)CCSC1)NC1CCCC(C(=O)NC(C)C)C1. The molecule has 3 atom stereocenters. The summed E-state index contributed by atoms with van der Waals surface area (Å²) in [5.41, 5.74) is -0.630. The highest BCUT2D eigenvalue weighted by atomic mass is 32.2. The van der Waals surface area contributed by atoms with Crippen molar-refractivity contribution < 1.29 is 9.90 Å². The maximum atomic E-state index is 12.2. The molecule has 1 saturated heterocycles. The van der Waals surface area contributed by atoms with E-state index < -0.39 is 5.60 Å². The predicted molar refractivity (Wildman–Crippen MR) is 100 cm³/mol. The van der Waals surface area contributed by atoms with E-state index in [-0.39, 0.29) is 23.9 Å². The van der Waals surface area contributed by atoms with Crippen LogP contribution in [0, 0.1) is 5.92 Å². The second kappa shape index (κ2) is 8.94. The molecule has 0 spiro atoms. The number of hydrogen-bond acceptors (Lipinski definition) is 4. The van der Waals surface area contributed by atoms with E-state index in [0.717, 1.165) is 49.6 Å². The number of rotatable bonds is 5. The van der Waals surface area contributed by atoms with Gasteiger partial charge in [0.05, 0.1) is 5.60 Å². The topological polar surface area (TPSA) is 85.8 Å². The number of carbonyl (C=O) groups is 1. The van der Waals surface area contributed by atoms with E-state index >= 15 is 0 Å². The molecule has 138 valence electrons. The van der Waals surface area contributed by atoms with E-state index in [4.69, 9.17) is 0 Å². The van der Waals surface area contributed by atoms with Crippen molar-refractivity contribution in [1.82, 2.24) is 16.0 Å². The zero-order valence-corrected chi connectivity index (χ0v) is 15.9. The van der Waals surface area contributed by atoms with Crippen molar-refractivity contribution >= 4 is 23.6 Å². The number of amides is 1. The van der Waals surface area contributed by atoms with Crippen LogP contribution in [-0.4, -0.2) is 59.8 Å². The summed E-state index contributed by atoms with van der Waals surface area (Å²) in [6, 6.07) is 0.436. The minimum Gasteiger partial charge on any atom is -0.387 e. The van der Waals surface area contributed by atoms with Gasteiger partial charge in [-0.3, -0.25) is 9.79 Å². The third-order valence-corrected chi connectivity index (χ3v) is 5.94. The van der Waals surface area contributed by atoms with E-state index in [1.807, 2.05) is 13.8 Å². The molecule has 2 rings (SSSR count). The Labute approximate surface area is 149 Å². The molecule has 0 radical (unpaired) electrons. The molecule has 0 aromatic rings. The molecule has 1 heterocycles. The molecule has 1 aliphatic carbocycles. The molecule has 2 aliphatic rings. The molecule has 3 unspecified atom stereocenters. The van der Waals surface area contributed by atoms with Crippen LogP contribution in [0.15, 0.2) is 4.99 Å². The van der Waals surface area contributed by atoms with Crippen LogP contribution in [0.4, 0.5) is 0 Å². The number of guanidine groups is 1. The van der Waals surface area contributed by atoms with E-state index in [0.29, 0.717) is 6.54 Å². The van der Waals surface area contributed by atoms with Gasteiger partial charge in [-0.1, -0.05) is 6.42 Å². The van der Waals surface area contributed by atoms with Crippen LogP contribution in [0.3, 0.4) is 0 Å². The molecule has 4 N–H and O–H groups in total. The monoisotopic (exact) mass is 356 g/mol. The van der Waals surface area contributed by atoms with Crippen LogP contribution in [0.1, 0.15) is 46.0 Å². The fourth-order valence-electron chi connectivity index (χ4n) is 3.33. The Bertz CT molecular complexity index is 450. The normalized spacial score (nSPS) is 31.1. The molecule has 24 heavy (non-hydrogen) atoms. The van der Waals surface area contributed by atoms with Crippen molar-refractivity contribution in [3.63, 3.8) is 0 Å². The summed E-state index contributed by atoms with van der Waals surface area (Å²) in [5, 5.41) is 20.1. The fourth-order valence-corrected chi connectivity index (χ4v) is 4.63. The average Bonchev–Trinajstić information content (AvgIpc) is 2.98. The van der Waals surface area contributed by atoms with Gasteiger partial charge in [0.15, 0.2) is 5.96 Å². The van der Waals surface area contributed by atoms with Gasteiger partial charge in [0, 0.05) is 37.3 Å². The van der Waals surface area contributed by atoms with Crippen LogP contribution < -0.4 is 16.0 Å². The lowest BCUT2D eigenvalue weighted by Crippen LogP contribution is -2.51. The summed E-state index contributed by atoms with van der Waals surface area (Å²) in [6.45, 7) is 4.51. The third kappa shape index (κ3) is 5.84. The molecule has 0 aromatic carbocycles. The third-order valence-electron chi connectivity index (χ3n) is 4.71.